The van der Waals surface area contributed by atoms with Crippen LogP contribution >= 0.6 is 0 Å². The van der Waals surface area contributed by atoms with Gasteiger partial charge >= 0.3 is 0 Å². The molecular formula is C33H34FN9O. The Kier molecular flexibility index (Phi) is 7.41. The van der Waals surface area contributed by atoms with Gasteiger partial charge in [-0.3, -0.25) is 15.1 Å². The summed E-state index contributed by atoms with van der Waals surface area (Å²) in [4.78, 5) is 19.2. The van der Waals surface area contributed by atoms with E-state index in [4.69, 9.17) is 4.98 Å². The lowest BCUT2D eigenvalue weighted by Gasteiger charge is -2.31. The summed E-state index contributed by atoms with van der Waals surface area (Å²) in [5.41, 5.74) is 7.70. The number of anilines is 2. The van der Waals surface area contributed by atoms with E-state index in [0.717, 1.165) is 64.6 Å². The SMILES string of the molecule is CN(C)CCNc1cc(F)cc(-c2cncc3[nH]c(-c4n[nH]c5ccc(-c6cncc(NC(O)C7CCC7)c6)cc45)nc23)c1. The molecule has 0 bridgehead atoms. The van der Waals surface area contributed by atoms with Crippen LogP contribution in [0.15, 0.2) is 67.3 Å². The molecule has 7 rings (SSSR count). The number of hydrogen-bond acceptors (Lipinski definition) is 8. The Morgan fingerprint density at radius 3 is 2.61 bits per heavy atom. The predicted molar refractivity (Wildman–Crippen MR) is 172 cm³/mol. The number of aliphatic hydroxyl groups is 1. The standard InChI is InChI=1S/C33H34FN9O/c1-43(2)9-8-37-24-11-21(10-23(34)14-24)27-17-36-18-29-30(27)40-32(39-29)31-26-13-20(6-7-28(26)41-42-31)22-12-25(16-35-15-22)38-33(44)19-4-3-5-19/h6-7,10-19,33,37-38,44H,3-5,8-9H2,1-2H3,(H,39,40)(H,41,42). The minimum absolute atomic E-state index is 0.288. The molecule has 11 heteroatoms. The van der Waals surface area contributed by atoms with Gasteiger partial charge in [0.2, 0.25) is 0 Å². The van der Waals surface area contributed by atoms with Crippen LogP contribution in [0, 0.1) is 11.7 Å². The Hall–Kier alpha value is -4.87. The lowest BCUT2D eigenvalue weighted by molar-refractivity contribution is 0.0851. The molecule has 6 aromatic rings. The number of fused-ring (bicyclic) bond motifs is 2. The second-order valence-electron chi connectivity index (χ2n) is 11.7. The fraction of sp³-hybridized carbons (Fsp3) is 0.273. The first-order valence-electron chi connectivity index (χ1n) is 14.8. The topological polar surface area (TPSA) is 131 Å². The Labute approximate surface area is 253 Å². The Bertz CT molecular complexity index is 1950. The van der Waals surface area contributed by atoms with Crippen molar-refractivity contribution in [2.24, 2.45) is 5.92 Å². The first kappa shape index (κ1) is 27.9. The van der Waals surface area contributed by atoms with E-state index >= 15 is 0 Å². The molecule has 1 fully saturated rings. The van der Waals surface area contributed by atoms with Crippen LogP contribution < -0.4 is 10.6 Å². The summed E-state index contributed by atoms with van der Waals surface area (Å²) in [6.07, 6.45) is 9.64. The van der Waals surface area contributed by atoms with E-state index in [0.29, 0.717) is 34.8 Å². The van der Waals surface area contributed by atoms with Crippen molar-refractivity contribution in [3.05, 3.63) is 73.1 Å². The number of rotatable bonds is 10. The molecule has 224 valence electrons. The van der Waals surface area contributed by atoms with Gasteiger partial charge in [-0.15, -0.1) is 0 Å². The average Bonchev–Trinajstić information content (AvgIpc) is 3.59. The van der Waals surface area contributed by atoms with Crippen LogP contribution in [0.2, 0.25) is 0 Å². The first-order valence-corrected chi connectivity index (χ1v) is 14.8. The van der Waals surface area contributed by atoms with E-state index in [1.54, 1.807) is 18.6 Å². The van der Waals surface area contributed by atoms with E-state index in [-0.39, 0.29) is 11.7 Å². The van der Waals surface area contributed by atoms with Crippen molar-refractivity contribution < 1.29 is 9.50 Å². The van der Waals surface area contributed by atoms with Gasteiger partial charge in [-0.05, 0) is 74.5 Å². The number of nitrogens with one attached hydrogen (secondary N) is 4. The number of H-pyrrole nitrogens is 2. The fourth-order valence-corrected chi connectivity index (χ4v) is 5.62. The highest BCUT2D eigenvalue weighted by atomic mass is 19.1. The molecule has 0 radical (unpaired) electrons. The molecule has 4 aromatic heterocycles. The molecule has 2 aromatic carbocycles. The number of imidazole rings is 1. The zero-order valence-corrected chi connectivity index (χ0v) is 24.6. The fourth-order valence-electron chi connectivity index (χ4n) is 5.62. The monoisotopic (exact) mass is 591 g/mol. The molecule has 1 aliphatic carbocycles. The zero-order chi connectivity index (χ0) is 30.2. The van der Waals surface area contributed by atoms with Crippen LogP contribution in [0.5, 0.6) is 0 Å². The van der Waals surface area contributed by atoms with Crippen LogP contribution in [-0.4, -0.2) is 73.6 Å². The number of hydrogen-bond donors (Lipinski definition) is 5. The van der Waals surface area contributed by atoms with Crippen molar-refractivity contribution in [3.8, 4) is 33.8 Å². The van der Waals surface area contributed by atoms with Crippen LogP contribution in [0.1, 0.15) is 19.3 Å². The second-order valence-corrected chi connectivity index (χ2v) is 11.7. The van der Waals surface area contributed by atoms with Gasteiger partial charge in [0.05, 0.1) is 34.6 Å². The normalized spacial score (nSPS) is 14.3. The van der Waals surface area contributed by atoms with Crippen molar-refractivity contribution in [3.63, 3.8) is 0 Å². The van der Waals surface area contributed by atoms with E-state index in [1.807, 2.05) is 44.6 Å². The number of aliphatic hydroxyl groups excluding tert-OH is 1. The highest BCUT2D eigenvalue weighted by Gasteiger charge is 2.25. The highest BCUT2D eigenvalue weighted by molar-refractivity contribution is 5.98. The van der Waals surface area contributed by atoms with Crippen LogP contribution in [-0.2, 0) is 0 Å². The van der Waals surface area contributed by atoms with E-state index in [2.05, 4.69) is 46.7 Å². The van der Waals surface area contributed by atoms with Gasteiger partial charge < -0.3 is 25.6 Å². The van der Waals surface area contributed by atoms with Gasteiger partial charge in [0.25, 0.3) is 0 Å². The van der Waals surface area contributed by atoms with Gasteiger partial charge in [-0.25, -0.2) is 9.37 Å². The third-order valence-corrected chi connectivity index (χ3v) is 8.26. The molecule has 1 aliphatic rings. The molecule has 0 saturated heterocycles. The van der Waals surface area contributed by atoms with E-state index < -0.39 is 6.23 Å². The highest BCUT2D eigenvalue weighted by Crippen LogP contribution is 2.35. The summed E-state index contributed by atoms with van der Waals surface area (Å²) in [7, 11) is 4.00. The van der Waals surface area contributed by atoms with Crippen molar-refractivity contribution >= 4 is 33.3 Å². The average molecular weight is 592 g/mol. The largest absolute Gasteiger partial charge is 0.384 e. The number of benzene rings is 2. The minimum Gasteiger partial charge on any atom is -0.384 e. The number of pyridine rings is 2. The summed E-state index contributed by atoms with van der Waals surface area (Å²) in [5.74, 6) is 0.533. The smallest absolute Gasteiger partial charge is 0.159 e. The molecule has 1 unspecified atom stereocenters. The minimum atomic E-state index is -0.575. The lowest BCUT2D eigenvalue weighted by atomic mass is 9.84. The summed E-state index contributed by atoms with van der Waals surface area (Å²) >= 11 is 0. The summed E-state index contributed by atoms with van der Waals surface area (Å²) in [5, 5.41) is 25.6. The van der Waals surface area contributed by atoms with E-state index in [9.17, 15) is 9.50 Å². The van der Waals surface area contributed by atoms with Crippen LogP contribution in [0.25, 0.3) is 55.7 Å². The first-order chi connectivity index (χ1) is 21.4. The van der Waals surface area contributed by atoms with Crippen molar-refractivity contribution in [1.29, 1.82) is 0 Å². The number of likely N-dealkylation sites (N-methyl/N-ethyl adjacent to an activating group) is 1. The molecular weight excluding hydrogens is 557 g/mol. The molecule has 0 spiro atoms. The van der Waals surface area contributed by atoms with E-state index in [1.165, 1.54) is 12.1 Å². The molecule has 10 nitrogen and oxygen atoms in total. The number of aromatic nitrogens is 6. The van der Waals surface area contributed by atoms with Crippen LogP contribution in [0.4, 0.5) is 15.8 Å². The summed E-state index contributed by atoms with van der Waals surface area (Å²) in [6.45, 7) is 1.52. The van der Waals surface area contributed by atoms with Gasteiger partial charge in [0, 0.05) is 53.6 Å². The van der Waals surface area contributed by atoms with Crippen molar-refractivity contribution in [2.75, 3.05) is 37.8 Å². The van der Waals surface area contributed by atoms with Gasteiger partial charge in [0.15, 0.2) is 5.82 Å². The molecule has 0 amide bonds. The summed E-state index contributed by atoms with van der Waals surface area (Å²) in [6, 6.07) is 13.0. The quantitative estimate of drug-likeness (QED) is 0.125. The Morgan fingerprint density at radius 1 is 0.955 bits per heavy atom. The third-order valence-electron chi connectivity index (χ3n) is 8.26. The Morgan fingerprint density at radius 2 is 1.80 bits per heavy atom. The van der Waals surface area contributed by atoms with Crippen LogP contribution in [0.3, 0.4) is 0 Å². The number of halogens is 1. The van der Waals surface area contributed by atoms with Gasteiger partial charge in [-0.1, -0.05) is 12.5 Å². The Balaban J connectivity index is 1.21. The number of nitrogens with zero attached hydrogens (tertiary/aromatic N) is 5. The molecule has 5 N–H and O–H groups in total. The molecule has 4 heterocycles. The molecule has 0 aliphatic heterocycles. The second kappa shape index (κ2) is 11.7. The molecule has 1 atom stereocenters. The maximum Gasteiger partial charge on any atom is 0.159 e. The van der Waals surface area contributed by atoms with Gasteiger partial charge in [-0.2, -0.15) is 5.10 Å². The molecule has 1 saturated carbocycles. The van der Waals surface area contributed by atoms with Crippen molar-refractivity contribution in [2.45, 2.75) is 25.5 Å². The zero-order valence-electron chi connectivity index (χ0n) is 24.6. The number of aromatic amines is 2. The summed E-state index contributed by atoms with van der Waals surface area (Å²) < 4.78 is 14.7. The van der Waals surface area contributed by atoms with Crippen molar-refractivity contribution in [1.82, 2.24) is 35.0 Å². The predicted octanol–water partition coefficient (Wildman–Crippen LogP) is 5.87. The third kappa shape index (κ3) is 5.59. The molecule has 44 heavy (non-hydrogen) atoms. The maximum atomic E-state index is 14.7. The van der Waals surface area contributed by atoms with Gasteiger partial charge in [0.1, 0.15) is 17.7 Å². The maximum absolute atomic E-state index is 14.7. The lowest BCUT2D eigenvalue weighted by Crippen LogP contribution is -2.33.